The van der Waals surface area contributed by atoms with Crippen molar-refractivity contribution >= 4 is 17.8 Å². The lowest BCUT2D eigenvalue weighted by molar-refractivity contribution is -0.138. The largest absolute Gasteiger partial charge is 0.450 e. The highest BCUT2D eigenvalue weighted by Gasteiger charge is 2.38. The summed E-state index contributed by atoms with van der Waals surface area (Å²) in [6.45, 7) is 6.91. The maximum absolute atomic E-state index is 12.3. The standard InChI is InChI=1S/C12H22N4O4/c1-4-20-11(18)16-7-5-15(6-8-16)10(17)12(2,3)9(13)14-19/h19H,4-8H2,1-3H3,(H2,13,14). The highest BCUT2D eigenvalue weighted by Crippen LogP contribution is 2.20. The summed E-state index contributed by atoms with van der Waals surface area (Å²) in [4.78, 5) is 27.1. The number of amidine groups is 1. The second-order valence-corrected chi connectivity index (χ2v) is 5.09. The van der Waals surface area contributed by atoms with Gasteiger partial charge in [-0.3, -0.25) is 4.79 Å². The molecule has 8 nitrogen and oxygen atoms in total. The van der Waals surface area contributed by atoms with Crippen molar-refractivity contribution < 1.29 is 19.5 Å². The van der Waals surface area contributed by atoms with Gasteiger partial charge in [0.2, 0.25) is 5.91 Å². The predicted molar refractivity (Wildman–Crippen MR) is 72.4 cm³/mol. The fraction of sp³-hybridized carbons (Fsp3) is 0.750. The van der Waals surface area contributed by atoms with Crippen LogP contribution in [0.15, 0.2) is 5.16 Å². The molecule has 0 aliphatic carbocycles. The molecule has 0 bridgehead atoms. The van der Waals surface area contributed by atoms with E-state index in [2.05, 4.69) is 5.16 Å². The summed E-state index contributed by atoms with van der Waals surface area (Å²) >= 11 is 0. The maximum Gasteiger partial charge on any atom is 0.409 e. The number of amides is 2. The first-order valence-corrected chi connectivity index (χ1v) is 6.53. The van der Waals surface area contributed by atoms with Crippen molar-refractivity contribution in [1.82, 2.24) is 9.80 Å². The van der Waals surface area contributed by atoms with Gasteiger partial charge in [-0.05, 0) is 20.8 Å². The zero-order chi connectivity index (χ0) is 15.3. The van der Waals surface area contributed by atoms with E-state index in [1.54, 1.807) is 30.6 Å². The van der Waals surface area contributed by atoms with Crippen LogP contribution in [-0.2, 0) is 9.53 Å². The molecule has 1 heterocycles. The third kappa shape index (κ3) is 3.31. The molecule has 1 aliphatic heterocycles. The molecule has 1 fully saturated rings. The Hall–Kier alpha value is -1.99. The van der Waals surface area contributed by atoms with E-state index in [1.165, 1.54) is 0 Å². The van der Waals surface area contributed by atoms with Crippen molar-refractivity contribution in [3.05, 3.63) is 0 Å². The number of piperazine rings is 1. The summed E-state index contributed by atoms with van der Waals surface area (Å²) in [6, 6.07) is 0. The minimum absolute atomic E-state index is 0.129. The van der Waals surface area contributed by atoms with E-state index in [9.17, 15) is 9.59 Å². The maximum atomic E-state index is 12.3. The number of hydrogen-bond donors (Lipinski definition) is 2. The first kappa shape index (κ1) is 16.1. The molecular formula is C12H22N4O4. The molecule has 114 valence electrons. The monoisotopic (exact) mass is 286 g/mol. The van der Waals surface area contributed by atoms with Crippen LogP contribution in [0.25, 0.3) is 0 Å². The molecule has 0 saturated carbocycles. The molecule has 20 heavy (non-hydrogen) atoms. The van der Waals surface area contributed by atoms with Crippen LogP contribution in [0.1, 0.15) is 20.8 Å². The fourth-order valence-electron chi connectivity index (χ4n) is 1.94. The number of oxime groups is 1. The van der Waals surface area contributed by atoms with Gasteiger partial charge in [0.1, 0.15) is 5.41 Å². The number of carbonyl (C=O) groups is 2. The van der Waals surface area contributed by atoms with E-state index in [-0.39, 0.29) is 17.8 Å². The zero-order valence-electron chi connectivity index (χ0n) is 12.1. The lowest BCUT2D eigenvalue weighted by Gasteiger charge is -2.37. The molecule has 1 saturated heterocycles. The molecule has 0 radical (unpaired) electrons. The van der Waals surface area contributed by atoms with E-state index < -0.39 is 5.41 Å². The first-order valence-electron chi connectivity index (χ1n) is 6.53. The second kappa shape index (κ2) is 6.44. The predicted octanol–water partition coefficient (Wildman–Crippen LogP) is 0.0597. The van der Waals surface area contributed by atoms with Crippen LogP contribution >= 0.6 is 0 Å². The van der Waals surface area contributed by atoms with Crippen LogP contribution in [-0.4, -0.2) is 65.6 Å². The quantitative estimate of drug-likeness (QED) is 0.330. The van der Waals surface area contributed by atoms with E-state index in [4.69, 9.17) is 15.7 Å². The summed E-state index contributed by atoms with van der Waals surface area (Å²) in [7, 11) is 0. The number of ether oxygens (including phenoxy) is 1. The average Bonchev–Trinajstić information content (AvgIpc) is 2.45. The van der Waals surface area contributed by atoms with Crippen LogP contribution in [0.3, 0.4) is 0 Å². The van der Waals surface area contributed by atoms with Gasteiger partial charge in [0.05, 0.1) is 6.61 Å². The Morgan fingerprint density at radius 2 is 1.75 bits per heavy atom. The molecule has 0 aromatic carbocycles. The summed E-state index contributed by atoms with van der Waals surface area (Å²) in [5, 5.41) is 11.6. The van der Waals surface area contributed by atoms with Crippen LogP contribution in [0, 0.1) is 5.41 Å². The van der Waals surface area contributed by atoms with Gasteiger partial charge in [0.15, 0.2) is 5.84 Å². The average molecular weight is 286 g/mol. The van der Waals surface area contributed by atoms with Crippen molar-refractivity contribution in [2.75, 3.05) is 32.8 Å². The number of rotatable bonds is 3. The van der Waals surface area contributed by atoms with E-state index in [0.717, 1.165) is 0 Å². The number of nitrogens with zero attached hydrogens (tertiary/aromatic N) is 3. The molecule has 0 spiro atoms. The SMILES string of the molecule is CCOC(=O)N1CCN(C(=O)C(C)(C)C(N)=NO)CC1. The number of hydrogen-bond acceptors (Lipinski definition) is 5. The number of nitrogens with two attached hydrogens (primary N) is 1. The first-order chi connectivity index (χ1) is 9.34. The van der Waals surface area contributed by atoms with Gasteiger partial charge in [-0.25, -0.2) is 4.79 Å². The van der Waals surface area contributed by atoms with Crippen molar-refractivity contribution in [2.45, 2.75) is 20.8 Å². The Labute approximate surface area is 118 Å². The molecule has 0 atom stereocenters. The van der Waals surface area contributed by atoms with Gasteiger partial charge < -0.3 is 25.5 Å². The van der Waals surface area contributed by atoms with Crippen molar-refractivity contribution in [2.24, 2.45) is 16.3 Å². The lowest BCUT2D eigenvalue weighted by atomic mass is 9.90. The molecule has 1 aliphatic rings. The zero-order valence-corrected chi connectivity index (χ0v) is 12.1. The number of carbonyl (C=O) groups excluding carboxylic acids is 2. The topological polar surface area (TPSA) is 108 Å². The van der Waals surface area contributed by atoms with Gasteiger partial charge in [-0.1, -0.05) is 5.16 Å². The molecule has 1 rings (SSSR count). The molecule has 0 unspecified atom stereocenters. The van der Waals surface area contributed by atoms with Crippen molar-refractivity contribution in [1.29, 1.82) is 0 Å². The summed E-state index contributed by atoms with van der Waals surface area (Å²) in [5.74, 6) is -0.355. The Balaban J connectivity index is 2.62. The van der Waals surface area contributed by atoms with Crippen LogP contribution < -0.4 is 5.73 Å². The Morgan fingerprint density at radius 3 is 2.20 bits per heavy atom. The van der Waals surface area contributed by atoms with Gasteiger partial charge >= 0.3 is 6.09 Å². The summed E-state index contributed by atoms with van der Waals surface area (Å²) in [5.41, 5.74) is 4.47. The van der Waals surface area contributed by atoms with E-state index in [0.29, 0.717) is 32.8 Å². The fourth-order valence-corrected chi connectivity index (χ4v) is 1.94. The minimum atomic E-state index is -1.07. The summed E-state index contributed by atoms with van der Waals surface area (Å²) < 4.78 is 4.91. The molecule has 3 N–H and O–H groups in total. The van der Waals surface area contributed by atoms with Crippen LogP contribution in [0.2, 0.25) is 0 Å². The summed E-state index contributed by atoms with van der Waals surface area (Å²) in [6.07, 6.45) is -0.365. The molecule has 0 aromatic rings. The van der Waals surface area contributed by atoms with E-state index in [1.807, 2.05) is 0 Å². The van der Waals surface area contributed by atoms with Gasteiger partial charge in [0, 0.05) is 26.2 Å². The minimum Gasteiger partial charge on any atom is -0.450 e. The third-order valence-electron chi connectivity index (χ3n) is 3.38. The Morgan fingerprint density at radius 1 is 1.25 bits per heavy atom. The molecular weight excluding hydrogens is 264 g/mol. The Bertz CT molecular complexity index is 400. The van der Waals surface area contributed by atoms with Crippen LogP contribution in [0.4, 0.5) is 4.79 Å². The molecule has 0 aromatic heterocycles. The lowest BCUT2D eigenvalue weighted by Crippen LogP contribution is -2.55. The highest BCUT2D eigenvalue weighted by atomic mass is 16.6. The van der Waals surface area contributed by atoms with Crippen molar-refractivity contribution in [3.63, 3.8) is 0 Å². The van der Waals surface area contributed by atoms with Gasteiger partial charge in [-0.15, -0.1) is 0 Å². The van der Waals surface area contributed by atoms with E-state index >= 15 is 0 Å². The van der Waals surface area contributed by atoms with Gasteiger partial charge in [0.25, 0.3) is 0 Å². The highest BCUT2D eigenvalue weighted by molar-refractivity contribution is 6.05. The normalized spacial score (nSPS) is 17.1. The van der Waals surface area contributed by atoms with Crippen LogP contribution in [0.5, 0.6) is 0 Å². The van der Waals surface area contributed by atoms with Gasteiger partial charge in [-0.2, -0.15) is 0 Å². The molecule has 8 heteroatoms. The smallest absolute Gasteiger partial charge is 0.409 e. The Kier molecular flexibility index (Phi) is 5.18. The second-order valence-electron chi connectivity index (χ2n) is 5.09. The third-order valence-corrected chi connectivity index (χ3v) is 3.38. The van der Waals surface area contributed by atoms with Crippen molar-refractivity contribution in [3.8, 4) is 0 Å². The molecule has 2 amide bonds.